The second-order valence-corrected chi connectivity index (χ2v) is 16.0. The van der Waals surface area contributed by atoms with E-state index in [1.165, 1.54) is 0 Å². The minimum Gasteiger partial charge on any atom is -0.465 e. The number of esters is 1. The van der Waals surface area contributed by atoms with Gasteiger partial charge in [-0.3, -0.25) is 4.79 Å². The van der Waals surface area contributed by atoms with Gasteiger partial charge in [0.05, 0.1) is 24.2 Å². The first-order chi connectivity index (χ1) is 12.9. The third kappa shape index (κ3) is 7.16. The molecule has 0 aromatic rings. The van der Waals surface area contributed by atoms with Crippen molar-refractivity contribution in [3.05, 3.63) is 0 Å². The molecule has 4 atom stereocenters. The average molecular weight is 431 g/mol. The van der Waals surface area contributed by atoms with Gasteiger partial charge in [0.1, 0.15) is 12.4 Å². The van der Waals surface area contributed by atoms with Gasteiger partial charge in [-0.15, -0.1) is 0 Å². The monoisotopic (exact) mass is 430 g/mol. The Kier molecular flexibility index (Phi) is 8.30. The number of aldehydes is 1. The van der Waals surface area contributed by atoms with Gasteiger partial charge in [-0.25, -0.2) is 0 Å². The van der Waals surface area contributed by atoms with E-state index in [4.69, 9.17) is 18.6 Å². The van der Waals surface area contributed by atoms with Gasteiger partial charge in [-0.1, -0.05) is 27.7 Å². The summed E-state index contributed by atoms with van der Waals surface area (Å²) in [5.41, 5.74) is -0.565. The number of carbonyl (C=O) groups is 2. The van der Waals surface area contributed by atoms with E-state index in [1.807, 2.05) is 41.5 Å². The van der Waals surface area contributed by atoms with Gasteiger partial charge in [0.2, 0.25) is 0 Å². The SMILES string of the molecule is C[C@H](COC(=O)C(C)(C)C)[C@@H](O[Si](C)(C)C(C)(C)C)[C@H]1OC(C)(C)O[C@H]1CC=O. The second kappa shape index (κ2) is 9.16. The molecule has 1 aliphatic heterocycles. The van der Waals surface area contributed by atoms with E-state index in [9.17, 15) is 9.59 Å². The molecule has 0 spiro atoms. The van der Waals surface area contributed by atoms with Crippen molar-refractivity contribution in [1.29, 1.82) is 0 Å². The average Bonchev–Trinajstić information content (AvgIpc) is 2.82. The highest BCUT2D eigenvalue weighted by molar-refractivity contribution is 6.74. The van der Waals surface area contributed by atoms with E-state index in [1.54, 1.807) is 0 Å². The highest BCUT2D eigenvalue weighted by Gasteiger charge is 2.50. The first-order valence-electron chi connectivity index (χ1n) is 10.6. The van der Waals surface area contributed by atoms with E-state index in [2.05, 4.69) is 33.9 Å². The highest BCUT2D eigenvalue weighted by atomic mass is 28.4. The lowest BCUT2D eigenvalue weighted by Gasteiger charge is -2.43. The molecule has 170 valence electrons. The molecule has 0 radical (unpaired) electrons. The van der Waals surface area contributed by atoms with Gasteiger partial charge in [0.15, 0.2) is 14.1 Å². The molecule has 0 saturated carbocycles. The fourth-order valence-corrected chi connectivity index (χ4v) is 4.36. The molecule has 29 heavy (non-hydrogen) atoms. The molecule has 0 aromatic heterocycles. The van der Waals surface area contributed by atoms with Crippen molar-refractivity contribution in [2.24, 2.45) is 11.3 Å². The van der Waals surface area contributed by atoms with E-state index < -0.39 is 31.7 Å². The molecular formula is C22H42O6Si. The number of rotatable bonds is 8. The normalized spacial score (nSPS) is 24.8. The first-order valence-corrected chi connectivity index (χ1v) is 13.5. The fourth-order valence-electron chi connectivity index (χ4n) is 2.96. The molecule has 1 rings (SSSR count). The summed E-state index contributed by atoms with van der Waals surface area (Å²) < 4.78 is 24.5. The van der Waals surface area contributed by atoms with Crippen molar-refractivity contribution >= 4 is 20.6 Å². The number of hydrogen-bond donors (Lipinski definition) is 0. The van der Waals surface area contributed by atoms with E-state index in [0.717, 1.165) is 6.29 Å². The van der Waals surface area contributed by atoms with Gasteiger partial charge in [0.25, 0.3) is 0 Å². The minimum absolute atomic E-state index is 0.00217. The van der Waals surface area contributed by atoms with Crippen LogP contribution in [0.1, 0.15) is 68.7 Å². The third-order valence-corrected chi connectivity index (χ3v) is 10.2. The molecule has 1 aliphatic rings. The standard InChI is InChI=1S/C22H42O6Si/c1-15(14-25-19(24)20(2,3)4)17(28-29(10,11)21(5,6)7)18-16(12-13-23)26-22(8,9)27-18/h13,15-18H,12,14H2,1-11H3/t15-,16+,17-,18+/m1/s1. The molecular weight excluding hydrogens is 388 g/mol. The van der Waals surface area contributed by atoms with Crippen LogP contribution in [0.15, 0.2) is 0 Å². The predicted octanol–water partition coefficient (Wildman–Crippen LogP) is 4.71. The Morgan fingerprint density at radius 3 is 2.14 bits per heavy atom. The molecule has 0 amide bonds. The maximum atomic E-state index is 12.3. The summed E-state index contributed by atoms with van der Waals surface area (Å²) in [5.74, 6) is -1.16. The van der Waals surface area contributed by atoms with Gasteiger partial charge < -0.3 is 23.4 Å². The Labute approximate surface area is 178 Å². The molecule has 0 bridgehead atoms. The van der Waals surface area contributed by atoms with Crippen LogP contribution in [-0.2, 0) is 28.2 Å². The maximum Gasteiger partial charge on any atom is 0.311 e. The summed E-state index contributed by atoms with van der Waals surface area (Å²) in [5, 5.41) is 0.00217. The van der Waals surface area contributed by atoms with Gasteiger partial charge in [-0.2, -0.15) is 0 Å². The van der Waals surface area contributed by atoms with E-state index >= 15 is 0 Å². The molecule has 0 unspecified atom stereocenters. The topological polar surface area (TPSA) is 71.1 Å². The van der Waals surface area contributed by atoms with Crippen LogP contribution in [0, 0.1) is 11.3 Å². The number of hydrogen-bond acceptors (Lipinski definition) is 6. The van der Waals surface area contributed by atoms with E-state index in [0.29, 0.717) is 0 Å². The summed E-state index contributed by atoms with van der Waals surface area (Å²) in [7, 11) is -2.15. The summed E-state index contributed by atoms with van der Waals surface area (Å²) in [4.78, 5) is 23.5. The van der Waals surface area contributed by atoms with Crippen molar-refractivity contribution < 1.29 is 28.2 Å². The molecule has 0 N–H and O–H groups in total. The molecule has 0 aromatic carbocycles. The lowest BCUT2D eigenvalue weighted by Crippen LogP contribution is -2.52. The zero-order valence-corrected chi connectivity index (χ0v) is 21.3. The van der Waals surface area contributed by atoms with Crippen molar-refractivity contribution in [2.75, 3.05) is 6.61 Å². The Bertz CT molecular complexity index is 573. The summed E-state index contributed by atoms with van der Waals surface area (Å²) in [6.07, 6.45) is -0.0585. The largest absolute Gasteiger partial charge is 0.465 e. The summed E-state index contributed by atoms with van der Waals surface area (Å²) in [6.45, 7) is 22.3. The van der Waals surface area contributed by atoms with Crippen molar-refractivity contribution in [2.45, 2.75) is 111 Å². The maximum absolute atomic E-state index is 12.3. The first kappa shape index (κ1) is 26.3. The Morgan fingerprint density at radius 1 is 1.14 bits per heavy atom. The Balaban J connectivity index is 3.14. The number of carbonyl (C=O) groups excluding carboxylic acids is 2. The summed E-state index contributed by atoms with van der Waals surface area (Å²) >= 11 is 0. The van der Waals surface area contributed by atoms with Crippen LogP contribution in [0.4, 0.5) is 0 Å². The molecule has 7 heteroatoms. The third-order valence-electron chi connectivity index (χ3n) is 5.76. The molecule has 0 aliphatic carbocycles. The van der Waals surface area contributed by atoms with Gasteiger partial charge in [-0.05, 0) is 52.8 Å². The van der Waals surface area contributed by atoms with Crippen LogP contribution in [0.5, 0.6) is 0 Å². The lowest BCUT2D eigenvalue weighted by molar-refractivity contribution is -0.164. The van der Waals surface area contributed by atoms with Crippen LogP contribution in [0.3, 0.4) is 0 Å². The number of ether oxygens (including phenoxy) is 3. The van der Waals surface area contributed by atoms with Gasteiger partial charge in [0, 0.05) is 12.3 Å². The zero-order chi connectivity index (χ0) is 22.8. The smallest absolute Gasteiger partial charge is 0.311 e. The van der Waals surface area contributed by atoms with Crippen LogP contribution in [0.25, 0.3) is 0 Å². The fraction of sp³-hybridized carbons (Fsp3) is 0.909. The lowest BCUT2D eigenvalue weighted by atomic mass is 9.95. The molecule has 1 fully saturated rings. The molecule has 1 saturated heterocycles. The highest BCUT2D eigenvalue weighted by Crippen LogP contribution is 2.41. The molecule has 6 nitrogen and oxygen atoms in total. The van der Waals surface area contributed by atoms with E-state index in [-0.39, 0.29) is 36.1 Å². The van der Waals surface area contributed by atoms with Crippen LogP contribution >= 0.6 is 0 Å². The zero-order valence-electron chi connectivity index (χ0n) is 20.3. The Morgan fingerprint density at radius 2 is 1.69 bits per heavy atom. The molecule has 1 heterocycles. The predicted molar refractivity (Wildman–Crippen MR) is 116 cm³/mol. The van der Waals surface area contributed by atoms with Crippen LogP contribution in [-0.4, -0.2) is 51.3 Å². The van der Waals surface area contributed by atoms with Crippen molar-refractivity contribution in [3.8, 4) is 0 Å². The Hall–Kier alpha value is -0.763. The van der Waals surface area contributed by atoms with Crippen molar-refractivity contribution in [1.82, 2.24) is 0 Å². The summed E-state index contributed by atoms with van der Waals surface area (Å²) in [6, 6.07) is 0. The van der Waals surface area contributed by atoms with Gasteiger partial charge >= 0.3 is 5.97 Å². The second-order valence-electron chi connectivity index (χ2n) is 11.2. The van der Waals surface area contributed by atoms with Crippen LogP contribution in [0.2, 0.25) is 18.1 Å². The van der Waals surface area contributed by atoms with Crippen molar-refractivity contribution in [3.63, 3.8) is 0 Å². The van der Waals surface area contributed by atoms with Crippen LogP contribution < -0.4 is 0 Å². The minimum atomic E-state index is -2.15. The quantitative estimate of drug-likeness (QED) is 0.315.